The summed E-state index contributed by atoms with van der Waals surface area (Å²) < 4.78 is 20.0. The summed E-state index contributed by atoms with van der Waals surface area (Å²) in [5.41, 5.74) is 2.55. The molecule has 5 atom stereocenters. The van der Waals surface area contributed by atoms with Crippen molar-refractivity contribution in [3.63, 3.8) is 0 Å². The van der Waals surface area contributed by atoms with E-state index in [1.54, 1.807) is 24.3 Å². The fourth-order valence-corrected chi connectivity index (χ4v) is 3.63. The lowest BCUT2D eigenvalue weighted by atomic mass is 9.90. The van der Waals surface area contributed by atoms with Gasteiger partial charge in [0.15, 0.2) is 0 Å². The molecular formula is C21H24ClFO5. The van der Waals surface area contributed by atoms with E-state index in [-0.39, 0.29) is 12.2 Å². The summed E-state index contributed by atoms with van der Waals surface area (Å²) in [5, 5.41) is 40.0. The van der Waals surface area contributed by atoms with E-state index in [0.717, 1.165) is 12.0 Å². The van der Waals surface area contributed by atoms with Crippen molar-refractivity contribution in [1.82, 2.24) is 0 Å². The predicted molar refractivity (Wildman–Crippen MR) is 103 cm³/mol. The minimum absolute atomic E-state index is 0.250. The molecule has 0 saturated carbocycles. The van der Waals surface area contributed by atoms with Gasteiger partial charge in [-0.15, -0.1) is 0 Å². The maximum atomic E-state index is 14.4. The second kappa shape index (κ2) is 8.86. The molecule has 0 aliphatic carbocycles. The Labute approximate surface area is 168 Å². The molecule has 0 spiro atoms. The summed E-state index contributed by atoms with van der Waals surface area (Å²) in [6.45, 7) is 1.45. The molecule has 1 heterocycles. The third kappa shape index (κ3) is 4.22. The summed E-state index contributed by atoms with van der Waals surface area (Å²) in [7, 11) is 0. The SMILES string of the molecule is CCc1ccc(Cc2cc([C@@H]3O[C@H](CO)[C@@H](O)[C@H](O)[C@H]3O)ccc2Cl)c(F)c1. The van der Waals surface area contributed by atoms with E-state index >= 15 is 0 Å². The molecule has 28 heavy (non-hydrogen) atoms. The third-order valence-electron chi connectivity index (χ3n) is 5.20. The van der Waals surface area contributed by atoms with Crippen LogP contribution in [0.5, 0.6) is 0 Å². The van der Waals surface area contributed by atoms with Gasteiger partial charge in [-0.3, -0.25) is 0 Å². The molecule has 1 saturated heterocycles. The predicted octanol–water partition coefficient (Wildman–Crippen LogP) is 2.15. The standard InChI is InChI=1S/C21H24ClFO5/c1-2-11-3-4-12(16(23)7-11)8-14-9-13(5-6-15(14)22)21-20(27)19(26)18(25)17(10-24)28-21/h3-7,9,17-21,24-27H,2,8,10H2,1H3/t17-,18-,19+,20-,21+/m1/s1. The molecule has 0 unspecified atom stereocenters. The lowest BCUT2D eigenvalue weighted by molar-refractivity contribution is -0.231. The topological polar surface area (TPSA) is 90.2 Å². The van der Waals surface area contributed by atoms with Gasteiger partial charge in [-0.2, -0.15) is 0 Å². The van der Waals surface area contributed by atoms with Gasteiger partial charge in [-0.1, -0.05) is 42.8 Å². The number of halogens is 2. The molecule has 1 aliphatic heterocycles. The molecule has 2 aromatic rings. The number of benzene rings is 2. The van der Waals surface area contributed by atoms with Crippen LogP contribution in [0, 0.1) is 5.82 Å². The molecule has 0 bridgehead atoms. The monoisotopic (exact) mass is 410 g/mol. The van der Waals surface area contributed by atoms with Crippen molar-refractivity contribution in [1.29, 1.82) is 0 Å². The number of hydrogen-bond acceptors (Lipinski definition) is 5. The van der Waals surface area contributed by atoms with Crippen molar-refractivity contribution in [3.8, 4) is 0 Å². The van der Waals surface area contributed by atoms with E-state index in [0.29, 0.717) is 21.7 Å². The van der Waals surface area contributed by atoms with Gasteiger partial charge in [0.2, 0.25) is 0 Å². The largest absolute Gasteiger partial charge is 0.394 e. The van der Waals surface area contributed by atoms with Crippen LogP contribution in [0.4, 0.5) is 4.39 Å². The normalized spacial score (nSPS) is 27.8. The Kier molecular flexibility index (Phi) is 6.70. The smallest absolute Gasteiger partial charge is 0.127 e. The second-order valence-corrected chi connectivity index (χ2v) is 7.46. The molecule has 0 amide bonds. The van der Waals surface area contributed by atoms with Crippen molar-refractivity contribution in [2.45, 2.75) is 50.3 Å². The van der Waals surface area contributed by atoms with Crippen molar-refractivity contribution in [2.24, 2.45) is 0 Å². The highest BCUT2D eigenvalue weighted by atomic mass is 35.5. The molecule has 4 N–H and O–H groups in total. The molecule has 2 aromatic carbocycles. The number of aliphatic hydroxyl groups is 4. The first-order chi connectivity index (χ1) is 13.3. The van der Waals surface area contributed by atoms with Crippen LogP contribution in [0.25, 0.3) is 0 Å². The molecule has 1 fully saturated rings. The van der Waals surface area contributed by atoms with Crippen molar-refractivity contribution >= 4 is 11.6 Å². The maximum Gasteiger partial charge on any atom is 0.127 e. The van der Waals surface area contributed by atoms with Crippen LogP contribution in [-0.4, -0.2) is 51.4 Å². The molecule has 7 heteroatoms. The van der Waals surface area contributed by atoms with E-state index in [1.807, 2.05) is 13.0 Å². The number of aliphatic hydroxyl groups excluding tert-OH is 4. The fraction of sp³-hybridized carbons (Fsp3) is 0.429. The van der Waals surface area contributed by atoms with E-state index in [4.69, 9.17) is 16.3 Å². The quantitative estimate of drug-likeness (QED) is 0.606. The summed E-state index contributed by atoms with van der Waals surface area (Å²) in [6, 6.07) is 10.0. The molecule has 3 rings (SSSR count). The van der Waals surface area contributed by atoms with E-state index in [1.165, 1.54) is 6.07 Å². The van der Waals surface area contributed by atoms with Gasteiger partial charge >= 0.3 is 0 Å². The third-order valence-corrected chi connectivity index (χ3v) is 5.57. The molecule has 1 aliphatic rings. The number of hydrogen-bond donors (Lipinski definition) is 4. The Hall–Kier alpha value is -1.54. The minimum Gasteiger partial charge on any atom is -0.394 e. The number of rotatable bonds is 5. The zero-order chi connectivity index (χ0) is 20.4. The van der Waals surface area contributed by atoms with Crippen LogP contribution in [0.2, 0.25) is 5.02 Å². The van der Waals surface area contributed by atoms with Gasteiger partial charge in [0.05, 0.1) is 6.61 Å². The average molecular weight is 411 g/mol. The summed E-state index contributed by atoms with van der Waals surface area (Å²) in [6.07, 6.45) is -5.24. The first-order valence-corrected chi connectivity index (χ1v) is 9.59. The van der Waals surface area contributed by atoms with Gasteiger partial charge in [0, 0.05) is 11.4 Å². The minimum atomic E-state index is -1.46. The number of ether oxygens (including phenoxy) is 1. The summed E-state index contributed by atoms with van der Waals surface area (Å²) in [4.78, 5) is 0. The lowest BCUT2D eigenvalue weighted by Gasteiger charge is -2.40. The highest BCUT2D eigenvalue weighted by Gasteiger charge is 2.44. The van der Waals surface area contributed by atoms with Gasteiger partial charge in [0.25, 0.3) is 0 Å². The highest BCUT2D eigenvalue weighted by molar-refractivity contribution is 6.31. The Bertz CT molecular complexity index is 828. The summed E-state index contributed by atoms with van der Waals surface area (Å²) in [5.74, 6) is -0.311. The van der Waals surface area contributed by atoms with Crippen LogP contribution >= 0.6 is 11.6 Å². The Balaban J connectivity index is 1.89. The average Bonchev–Trinajstić information content (AvgIpc) is 2.69. The Morgan fingerprint density at radius 2 is 1.75 bits per heavy atom. The second-order valence-electron chi connectivity index (χ2n) is 7.06. The Morgan fingerprint density at radius 1 is 1.00 bits per heavy atom. The molecule has 5 nitrogen and oxygen atoms in total. The van der Waals surface area contributed by atoms with Crippen molar-refractivity contribution in [2.75, 3.05) is 6.61 Å². The first-order valence-electron chi connectivity index (χ1n) is 9.21. The van der Waals surface area contributed by atoms with E-state index in [9.17, 15) is 24.8 Å². The van der Waals surface area contributed by atoms with E-state index in [2.05, 4.69) is 0 Å². The highest BCUT2D eigenvalue weighted by Crippen LogP contribution is 2.34. The van der Waals surface area contributed by atoms with Crippen LogP contribution < -0.4 is 0 Å². The van der Waals surface area contributed by atoms with Gasteiger partial charge < -0.3 is 25.2 Å². The molecular weight excluding hydrogens is 387 g/mol. The fourth-order valence-electron chi connectivity index (χ4n) is 3.44. The maximum absolute atomic E-state index is 14.4. The first kappa shape index (κ1) is 21.2. The lowest BCUT2D eigenvalue weighted by Crippen LogP contribution is -2.55. The Morgan fingerprint density at radius 3 is 2.39 bits per heavy atom. The van der Waals surface area contributed by atoms with Crippen LogP contribution in [0.15, 0.2) is 36.4 Å². The van der Waals surface area contributed by atoms with Crippen LogP contribution in [0.3, 0.4) is 0 Å². The molecule has 0 radical (unpaired) electrons. The zero-order valence-corrected chi connectivity index (χ0v) is 16.2. The van der Waals surface area contributed by atoms with Gasteiger partial charge in [-0.05, 0) is 40.8 Å². The summed E-state index contributed by atoms with van der Waals surface area (Å²) >= 11 is 6.28. The van der Waals surface area contributed by atoms with Gasteiger partial charge in [0.1, 0.15) is 36.3 Å². The molecule has 0 aromatic heterocycles. The van der Waals surface area contributed by atoms with E-state index < -0.39 is 37.1 Å². The van der Waals surface area contributed by atoms with Gasteiger partial charge in [-0.25, -0.2) is 4.39 Å². The van der Waals surface area contributed by atoms with Crippen LogP contribution in [-0.2, 0) is 17.6 Å². The van der Waals surface area contributed by atoms with Crippen molar-refractivity contribution < 1.29 is 29.6 Å². The van der Waals surface area contributed by atoms with Crippen LogP contribution in [0.1, 0.15) is 35.3 Å². The zero-order valence-electron chi connectivity index (χ0n) is 15.4. The van der Waals surface area contributed by atoms with Crippen molar-refractivity contribution in [3.05, 3.63) is 69.5 Å². The molecule has 152 valence electrons. The number of aryl methyl sites for hydroxylation is 1.